The van der Waals surface area contributed by atoms with Crippen LogP contribution in [0.25, 0.3) is 0 Å². The van der Waals surface area contributed by atoms with Crippen molar-refractivity contribution in [3.05, 3.63) is 29.8 Å². The van der Waals surface area contributed by atoms with Crippen LogP contribution in [0.15, 0.2) is 18.5 Å². The third-order valence-corrected chi connectivity index (χ3v) is 2.43. The minimum absolute atomic E-state index is 0.0530. The summed E-state index contributed by atoms with van der Waals surface area (Å²) in [4.78, 5) is 15.1. The second-order valence-corrected chi connectivity index (χ2v) is 3.59. The van der Waals surface area contributed by atoms with Crippen molar-refractivity contribution in [3.8, 4) is 0 Å². The first-order valence-corrected chi connectivity index (χ1v) is 4.86. The first-order chi connectivity index (χ1) is 7.27. The number of hydrogen-bond donors (Lipinski definition) is 2. The van der Waals surface area contributed by atoms with Crippen molar-refractivity contribution in [2.24, 2.45) is 5.92 Å². The molecule has 1 saturated heterocycles. The molecule has 15 heavy (non-hydrogen) atoms. The Bertz CT molecular complexity index is 365. The van der Waals surface area contributed by atoms with Gasteiger partial charge >= 0.3 is 0 Å². The third-order valence-electron chi connectivity index (χ3n) is 2.43. The molecule has 4 nitrogen and oxygen atoms in total. The van der Waals surface area contributed by atoms with Crippen LogP contribution in [0.5, 0.6) is 0 Å². The van der Waals surface area contributed by atoms with Crippen molar-refractivity contribution in [1.29, 1.82) is 0 Å². The summed E-state index contributed by atoms with van der Waals surface area (Å²) >= 11 is 0. The van der Waals surface area contributed by atoms with Crippen LogP contribution in [0, 0.1) is 11.7 Å². The molecular formula is C10H12FN3O. The Labute approximate surface area is 86.9 Å². The molecule has 2 rings (SSSR count). The Hall–Kier alpha value is -1.49. The van der Waals surface area contributed by atoms with Gasteiger partial charge in [0, 0.05) is 31.7 Å². The summed E-state index contributed by atoms with van der Waals surface area (Å²) in [5.41, 5.74) is 0.0530. The van der Waals surface area contributed by atoms with E-state index in [1.165, 1.54) is 12.3 Å². The molecule has 0 aliphatic carbocycles. The predicted octanol–water partition coefficient (Wildman–Crippen LogP) is 0.170. The Morgan fingerprint density at radius 1 is 1.67 bits per heavy atom. The highest BCUT2D eigenvalue weighted by molar-refractivity contribution is 5.94. The van der Waals surface area contributed by atoms with Gasteiger partial charge in [-0.15, -0.1) is 0 Å². The topological polar surface area (TPSA) is 54.0 Å². The number of carbonyl (C=O) groups is 1. The molecule has 2 heterocycles. The zero-order valence-electron chi connectivity index (χ0n) is 8.16. The fraction of sp³-hybridized carbons (Fsp3) is 0.400. The van der Waals surface area contributed by atoms with Crippen molar-refractivity contribution in [2.45, 2.75) is 0 Å². The van der Waals surface area contributed by atoms with Gasteiger partial charge in [-0.1, -0.05) is 0 Å². The van der Waals surface area contributed by atoms with E-state index in [1.54, 1.807) is 0 Å². The molecule has 0 unspecified atom stereocenters. The molecule has 1 aliphatic heterocycles. The average molecular weight is 209 g/mol. The molecule has 0 spiro atoms. The van der Waals surface area contributed by atoms with Crippen LogP contribution in [-0.2, 0) is 0 Å². The van der Waals surface area contributed by atoms with Crippen molar-refractivity contribution < 1.29 is 9.18 Å². The molecule has 0 aromatic carbocycles. The van der Waals surface area contributed by atoms with E-state index in [1.807, 2.05) is 0 Å². The van der Waals surface area contributed by atoms with Crippen LogP contribution in [0.3, 0.4) is 0 Å². The number of nitrogens with zero attached hydrogens (tertiary/aromatic N) is 1. The van der Waals surface area contributed by atoms with Crippen LogP contribution in [0.2, 0.25) is 0 Å². The second-order valence-electron chi connectivity index (χ2n) is 3.59. The van der Waals surface area contributed by atoms with Gasteiger partial charge < -0.3 is 10.6 Å². The first-order valence-electron chi connectivity index (χ1n) is 4.86. The van der Waals surface area contributed by atoms with E-state index in [4.69, 9.17) is 0 Å². The molecule has 1 aromatic rings. The number of aromatic nitrogens is 1. The van der Waals surface area contributed by atoms with Crippen LogP contribution in [0.4, 0.5) is 4.39 Å². The van der Waals surface area contributed by atoms with Crippen LogP contribution < -0.4 is 10.6 Å². The molecular weight excluding hydrogens is 197 g/mol. The number of nitrogens with one attached hydrogen (secondary N) is 2. The lowest BCUT2D eigenvalue weighted by molar-refractivity contribution is 0.0938. The van der Waals surface area contributed by atoms with E-state index in [0.717, 1.165) is 19.3 Å². The number of halogens is 1. The quantitative estimate of drug-likeness (QED) is 0.746. The number of rotatable bonds is 3. The Kier molecular flexibility index (Phi) is 2.91. The lowest BCUT2D eigenvalue weighted by Crippen LogP contribution is -2.48. The van der Waals surface area contributed by atoms with Gasteiger partial charge in [-0.05, 0) is 6.07 Å². The number of hydrogen-bond acceptors (Lipinski definition) is 3. The highest BCUT2D eigenvalue weighted by atomic mass is 19.1. The highest BCUT2D eigenvalue weighted by Crippen LogP contribution is 2.05. The normalized spacial score (nSPS) is 15.8. The number of pyridine rings is 1. The van der Waals surface area contributed by atoms with Gasteiger partial charge in [-0.3, -0.25) is 9.78 Å². The predicted molar refractivity (Wildman–Crippen MR) is 52.9 cm³/mol. The molecule has 0 saturated carbocycles. The van der Waals surface area contributed by atoms with Gasteiger partial charge in [0.15, 0.2) is 5.82 Å². The molecule has 0 atom stereocenters. The van der Waals surface area contributed by atoms with Crippen LogP contribution in [-0.4, -0.2) is 30.5 Å². The van der Waals surface area contributed by atoms with E-state index in [9.17, 15) is 9.18 Å². The van der Waals surface area contributed by atoms with E-state index in [2.05, 4.69) is 15.6 Å². The molecule has 5 heteroatoms. The largest absolute Gasteiger partial charge is 0.352 e. The summed E-state index contributed by atoms with van der Waals surface area (Å²) < 4.78 is 13.1. The van der Waals surface area contributed by atoms with Gasteiger partial charge in [0.25, 0.3) is 5.91 Å². The molecule has 1 aliphatic rings. The molecule has 80 valence electrons. The van der Waals surface area contributed by atoms with E-state index in [-0.39, 0.29) is 11.5 Å². The summed E-state index contributed by atoms with van der Waals surface area (Å²) in [6.45, 7) is 2.42. The summed E-state index contributed by atoms with van der Waals surface area (Å²) in [6, 6.07) is 1.38. The maximum atomic E-state index is 13.1. The summed E-state index contributed by atoms with van der Waals surface area (Å²) in [5, 5.41) is 5.80. The minimum Gasteiger partial charge on any atom is -0.352 e. The first kappa shape index (κ1) is 10.0. The average Bonchev–Trinajstić information content (AvgIpc) is 2.16. The van der Waals surface area contributed by atoms with E-state index >= 15 is 0 Å². The maximum absolute atomic E-state index is 13.1. The molecule has 1 fully saturated rings. The number of amides is 1. The summed E-state index contributed by atoms with van der Waals surface area (Å²) in [6.07, 6.45) is 2.45. The van der Waals surface area contributed by atoms with Gasteiger partial charge in [0.2, 0.25) is 0 Å². The number of carbonyl (C=O) groups excluding carboxylic acids is 1. The smallest absolute Gasteiger partial charge is 0.254 e. The Morgan fingerprint density at radius 3 is 3.07 bits per heavy atom. The molecule has 2 N–H and O–H groups in total. The highest BCUT2D eigenvalue weighted by Gasteiger charge is 2.18. The Morgan fingerprint density at radius 2 is 2.47 bits per heavy atom. The minimum atomic E-state index is -0.582. The van der Waals surface area contributed by atoms with Crippen molar-refractivity contribution >= 4 is 5.91 Å². The van der Waals surface area contributed by atoms with Crippen molar-refractivity contribution in [1.82, 2.24) is 15.6 Å². The Balaban J connectivity index is 1.92. The monoisotopic (exact) mass is 209 g/mol. The SMILES string of the molecule is O=C(NCC1CNC1)c1ccncc1F. The fourth-order valence-corrected chi connectivity index (χ4v) is 1.38. The van der Waals surface area contributed by atoms with Gasteiger partial charge in [0.05, 0.1) is 11.8 Å². The van der Waals surface area contributed by atoms with Crippen molar-refractivity contribution in [3.63, 3.8) is 0 Å². The van der Waals surface area contributed by atoms with Gasteiger partial charge in [-0.25, -0.2) is 4.39 Å². The maximum Gasteiger partial charge on any atom is 0.254 e. The van der Waals surface area contributed by atoms with Gasteiger partial charge in [-0.2, -0.15) is 0 Å². The zero-order chi connectivity index (χ0) is 10.7. The molecule has 0 radical (unpaired) electrons. The standard InChI is InChI=1S/C10H12FN3O/c11-9-6-12-2-1-8(9)10(15)14-5-7-3-13-4-7/h1-2,6-7,13H,3-5H2,(H,14,15). The fourth-order valence-electron chi connectivity index (χ4n) is 1.38. The van der Waals surface area contributed by atoms with E-state index < -0.39 is 5.82 Å². The van der Waals surface area contributed by atoms with Crippen LogP contribution in [0.1, 0.15) is 10.4 Å². The van der Waals surface area contributed by atoms with Gasteiger partial charge in [0.1, 0.15) is 0 Å². The lowest BCUT2D eigenvalue weighted by Gasteiger charge is -2.27. The molecule has 0 bridgehead atoms. The molecule has 1 aromatic heterocycles. The third kappa shape index (κ3) is 2.30. The van der Waals surface area contributed by atoms with Crippen LogP contribution >= 0.6 is 0 Å². The summed E-state index contributed by atoms with van der Waals surface area (Å²) in [7, 11) is 0. The van der Waals surface area contributed by atoms with Crippen molar-refractivity contribution in [2.75, 3.05) is 19.6 Å². The lowest BCUT2D eigenvalue weighted by atomic mass is 10.0. The molecule has 1 amide bonds. The van der Waals surface area contributed by atoms with E-state index in [0.29, 0.717) is 12.5 Å². The zero-order valence-corrected chi connectivity index (χ0v) is 8.16. The second kappa shape index (κ2) is 4.35. The summed E-state index contributed by atoms with van der Waals surface area (Å²) in [5.74, 6) is -0.484.